The van der Waals surface area contributed by atoms with Crippen LogP contribution in [-0.4, -0.2) is 29.8 Å². The summed E-state index contributed by atoms with van der Waals surface area (Å²) in [4.78, 5) is 26.6. The molecule has 0 aromatic heterocycles. The first-order valence-corrected chi connectivity index (χ1v) is 8.60. The monoisotopic (exact) mass is 358 g/mol. The topological polar surface area (TPSA) is 49.4 Å². The van der Waals surface area contributed by atoms with Gasteiger partial charge in [-0.15, -0.1) is 0 Å². The number of carbonyl (C=O) groups excluding carboxylic acids is 2. The second kappa shape index (κ2) is 7.64. The largest absolute Gasteiger partial charge is 0.338 e. The van der Waals surface area contributed by atoms with Crippen LogP contribution in [0.5, 0.6) is 0 Å². The Labute approximate surface area is 150 Å². The van der Waals surface area contributed by atoms with Crippen LogP contribution in [0, 0.1) is 17.6 Å². The van der Waals surface area contributed by atoms with Crippen molar-refractivity contribution in [2.75, 3.05) is 18.4 Å². The van der Waals surface area contributed by atoms with Gasteiger partial charge in [0.2, 0.25) is 0 Å². The molecule has 0 bridgehead atoms. The Morgan fingerprint density at radius 2 is 1.77 bits per heavy atom. The van der Waals surface area contributed by atoms with Gasteiger partial charge >= 0.3 is 0 Å². The van der Waals surface area contributed by atoms with E-state index in [0.29, 0.717) is 17.5 Å². The molecule has 1 aliphatic rings. The van der Waals surface area contributed by atoms with Crippen molar-refractivity contribution in [1.29, 1.82) is 0 Å². The fraction of sp³-hybridized carbons (Fsp3) is 0.300. The second-order valence-corrected chi connectivity index (χ2v) is 6.65. The van der Waals surface area contributed by atoms with Crippen molar-refractivity contribution in [2.45, 2.75) is 19.8 Å². The minimum Gasteiger partial charge on any atom is -0.338 e. The van der Waals surface area contributed by atoms with Gasteiger partial charge in [-0.1, -0.05) is 6.92 Å². The number of nitrogens with zero attached hydrogens (tertiary/aromatic N) is 1. The van der Waals surface area contributed by atoms with E-state index in [2.05, 4.69) is 12.2 Å². The maximum Gasteiger partial charge on any atom is 0.255 e. The molecule has 6 heteroatoms. The first-order chi connectivity index (χ1) is 12.4. The first kappa shape index (κ1) is 18.0. The molecule has 2 amide bonds. The molecule has 4 nitrogen and oxygen atoms in total. The molecule has 26 heavy (non-hydrogen) atoms. The lowest BCUT2D eigenvalue weighted by Gasteiger charge is -2.31. The molecule has 0 aliphatic carbocycles. The number of halogens is 2. The summed E-state index contributed by atoms with van der Waals surface area (Å²) in [7, 11) is 0. The van der Waals surface area contributed by atoms with Crippen molar-refractivity contribution in [3.8, 4) is 0 Å². The standard InChI is InChI=1S/C20H20F2N2O2/c1-13-3-2-10-24(12-13)20(26)15-6-4-14(5-7-15)19(25)23-18-9-8-16(21)11-17(18)22/h4-9,11,13H,2-3,10,12H2,1H3,(H,23,25). The van der Waals surface area contributed by atoms with Gasteiger partial charge in [0.1, 0.15) is 11.6 Å². The average Bonchev–Trinajstić information content (AvgIpc) is 2.63. The minimum atomic E-state index is -0.843. The molecule has 0 spiro atoms. The van der Waals surface area contributed by atoms with Gasteiger partial charge in [-0.3, -0.25) is 9.59 Å². The molecule has 1 aliphatic heterocycles. The van der Waals surface area contributed by atoms with Crippen molar-refractivity contribution in [3.63, 3.8) is 0 Å². The van der Waals surface area contributed by atoms with Crippen molar-refractivity contribution in [2.24, 2.45) is 5.92 Å². The van der Waals surface area contributed by atoms with Gasteiger partial charge < -0.3 is 10.2 Å². The minimum absolute atomic E-state index is 0.0481. The molecule has 1 saturated heterocycles. The third-order valence-electron chi connectivity index (χ3n) is 4.52. The summed E-state index contributed by atoms with van der Waals surface area (Å²) >= 11 is 0. The van der Waals surface area contributed by atoms with E-state index in [4.69, 9.17) is 0 Å². The van der Waals surface area contributed by atoms with Crippen molar-refractivity contribution < 1.29 is 18.4 Å². The lowest BCUT2D eigenvalue weighted by Crippen LogP contribution is -2.39. The summed E-state index contributed by atoms with van der Waals surface area (Å²) in [5, 5.41) is 2.40. The third-order valence-corrected chi connectivity index (χ3v) is 4.52. The summed E-state index contributed by atoms with van der Waals surface area (Å²) in [6.07, 6.45) is 2.12. The van der Waals surface area contributed by atoms with Gasteiger partial charge in [-0.05, 0) is 55.2 Å². The molecule has 1 heterocycles. The molecule has 1 unspecified atom stereocenters. The van der Waals surface area contributed by atoms with Crippen LogP contribution in [-0.2, 0) is 0 Å². The summed E-state index contributed by atoms with van der Waals surface area (Å²) in [6, 6.07) is 9.18. The fourth-order valence-corrected chi connectivity index (χ4v) is 3.11. The average molecular weight is 358 g/mol. The molecule has 2 aromatic rings. The predicted octanol–water partition coefficient (Wildman–Crippen LogP) is 4.09. The Morgan fingerprint density at radius 3 is 2.42 bits per heavy atom. The Balaban J connectivity index is 1.68. The molecule has 136 valence electrons. The fourth-order valence-electron chi connectivity index (χ4n) is 3.11. The van der Waals surface area contributed by atoms with E-state index in [1.54, 1.807) is 12.1 Å². The van der Waals surface area contributed by atoms with Crippen LogP contribution >= 0.6 is 0 Å². The van der Waals surface area contributed by atoms with E-state index < -0.39 is 17.5 Å². The lowest BCUT2D eigenvalue weighted by atomic mass is 9.99. The van der Waals surface area contributed by atoms with Crippen molar-refractivity contribution in [3.05, 3.63) is 65.2 Å². The first-order valence-electron chi connectivity index (χ1n) is 8.60. The molecule has 0 radical (unpaired) electrons. The molecule has 1 atom stereocenters. The van der Waals surface area contributed by atoms with E-state index >= 15 is 0 Å². The van der Waals surface area contributed by atoms with Crippen LogP contribution in [0.4, 0.5) is 14.5 Å². The summed E-state index contributed by atoms with van der Waals surface area (Å²) in [6.45, 7) is 3.61. The molecule has 1 fully saturated rings. The van der Waals surface area contributed by atoms with Crippen LogP contribution in [0.15, 0.2) is 42.5 Å². The van der Waals surface area contributed by atoms with Crippen LogP contribution in [0.2, 0.25) is 0 Å². The second-order valence-electron chi connectivity index (χ2n) is 6.65. The smallest absolute Gasteiger partial charge is 0.255 e. The number of nitrogens with one attached hydrogen (secondary N) is 1. The normalized spacial score (nSPS) is 17.0. The maximum atomic E-state index is 13.6. The molecule has 2 aromatic carbocycles. The Morgan fingerprint density at radius 1 is 1.08 bits per heavy atom. The third kappa shape index (κ3) is 4.07. The zero-order valence-corrected chi connectivity index (χ0v) is 14.5. The van der Waals surface area contributed by atoms with Crippen LogP contribution in [0.25, 0.3) is 0 Å². The van der Waals surface area contributed by atoms with Gasteiger partial charge in [0.15, 0.2) is 0 Å². The number of hydrogen-bond acceptors (Lipinski definition) is 2. The number of likely N-dealkylation sites (tertiary alicyclic amines) is 1. The molecule has 1 N–H and O–H groups in total. The van der Waals surface area contributed by atoms with Gasteiger partial charge in [-0.25, -0.2) is 8.78 Å². The predicted molar refractivity (Wildman–Crippen MR) is 95.1 cm³/mol. The number of piperidine rings is 1. The van der Waals surface area contributed by atoms with Crippen LogP contribution < -0.4 is 5.32 Å². The van der Waals surface area contributed by atoms with Crippen LogP contribution in [0.1, 0.15) is 40.5 Å². The summed E-state index contributed by atoms with van der Waals surface area (Å²) in [5.41, 5.74) is 0.708. The van der Waals surface area contributed by atoms with Crippen molar-refractivity contribution in [1.82, 2.24) is 4.90 Å². The number of benzene rings is 2. The van der Waals surface area contributed by atoms with Gasteiger partial charge in [0.25, 0.3) is 11.8 Å². The Hall–Kier alpha value is -2.76. The highest BCUT2D eigenvalue weighted by atomic mass is 19.1. The van der Waals surface area contributed by atoms with E-state index in [9.17, 15) is 18.4 Å². The van der Waals surface area contributed by atoms with Gasteiger partial charge in [0, 0.05) is 30.3 Å². The van der Waals surface area contributed by atoms with E-state index in [-0.39, 0.29) is 17.2 Å². The Kier molecular flexibility index (Phi) is 5.30. The number of carbonyl (C=O) groups is 2. The highest BCUT2D eigenvalue weighted by Gasteiger charge is 2.22. The number of rotatable bonds is 3. The van der Waals surface area contributed by atoms with E-state index in [1.807, 2.05) is 4.90 Å². The highest BCUT2D eigenvalue weighted by molar-refractivity contribution is 6.05. The maximum absolute atomic E-state index is 13.6. The quantitative estimate of drug-likeness (QED) is 0.898. The number of amides is 2. The number of anilines is 1. The number of hydrogen-bond donors (Lipinski definition) is 1. The lowest BCUT2D eigenvalue weighted by molar-refractivity contribution is 0.0682. The zero-order valence-electron chi connectivity index (χ0n) is 14.5. The van der Waals surface area contributed by atoms with Crippen molar-refractivity contribution >= 4 is 17.5 Å². The zero-order chi connectivity index (χ0) is 18.7. The highest BCUT2D eigenvalue weighted by Crippen LogP contribution is 2.19. The molecular weight excluding hydrogens is 338 g/mol. The summed E-state index contributed by atoms with van der Waals surface area (Å²) in [5.74, 6) is -1.64. The SMILES string of the molecule is CC1CCCN(C(=O)c2ccc(C(=O)Nc3ccc(F)cc3F)cc2)C1. The Bertz CT molecular complexity index is 821. The van der Waals surface area contributed by atoms with E-state index in [1.165, 1.54) is 12.1 Å². The molecule has 0 saturated carbocycles. The molecular formula is C20H20F2N2O2. The van der Waals surface area contributed by atoms with Gasteiger partial charge in [0.05, 0.1) is 5.69 Å². The molecule has 3 rings (SSSR count). The van der Waals surface area contributed by atoms with E-state index in [0.717, 1.165) is 38.1 Å². The summed E-state index contributed by atoms with van der Waals surface area (Å²) < 4.78 is 26.5. The van der Waals surface area contributed by atoms with Crippen LogP contribution in [0.3, 0.4) is 0 Å². The van der Waals surface area contributed by atoms with Gasteiger partial charge in [-0.2, -0.15) is 0 Å².